The molecule has 1 aromatic heterocycles. The maximum absolute atomic E-state index is 10.9. The molecule has 0 spiro atoms. The summed E-state index contributed by atoms with van der Waals surface area (Å²) in [5, 5.41) is 13.0. The van der Waals surface area contributed by atoms with Crippen molar-refractivity contribution in [2.24, 2.45) is 0 Å². The van der Waals surface area contributed by atoms with E-state index in [1.165, 1.54) is 0 Å². The molecule has 2 unspecified atom stereocenters. The lowest BCUT2D eigenvalue weighted by Gasteiger charge is -2.34. The van der Waals surface area contributed by atoms with Gasteiger partial charge in [0.1, 0.15) is 6.04 Å². The monoisotopic (exact) mass is 241 g/mol. The highest BCUT2D eigenvalue weighted by Crippen LogP contribution is 2.24. The zero-order valence-electron chi connectivity index (χ0n) is 9.13. The number of morpholine rings is 1. The molecule has 0 amide bonds. The second-order valence-electron chi connectivity index (χ2n) is 3.93. The van der Waals surface area contributed by atoms with Crippen LogP contribution >= 0.6 is 11.3 Å². The van der Waals surface area contributed by atoms with Gasteiger partial charge in [0, 0.05) is 13.1 Å². The Morgan fingerprint density at radius 1 is 1.75 bits per heavy atom. The standard InChI is InChI=1S/C11H15NO3S/c1-8(11(13)14)12-3-4-15-10(6-12)9-2-5-16-7-9/h2,5,7-8,10H,3-4,6H2,1H3,(H,13,14). The first-order valence-electron chi connectivity index (χ1n) is 5.29. The van der Waals surface area contributed by atoms with Crippen molar-refractivity contribution in [1.29, 1.82) is 0 Å². The molecule has 2 heterocycles. The van der Waals surface area contributed by atoms with E-state index in [2.05, 4.69) is 5.38 Å². The number of hydrogen-bond donors (Lipinski definition) is 1. The number of hydrogen-bond acceptors (Lipinski definition) is 4. The molecule has 1 saturated heterocycles. The van der Waals surface area contributed by atoms with Gasteiger partial charge in [0.25, 0.3) is 0 Å². The average Bonchev–Trinajstić information content (AvgIpc) is 2.81. The summed E-state index contributed by atoms with van der Waals surface area (Å²) in [5.74, 6) is -0.772. The van der Waals surface area contributed by atoms with Crippen LogP contribution in [0, 0.1) is 0 Å². The molecule has 1 aliphatic heterocycles. The molecule has 0 aliphatic carbocycles. The summed E-state index contributed by atoms with van der Waals surface area (Å²) >= 11 is 1.63. The molecule has 1 aromatic rings. The van der Waals surface area contributed by atoms with E-state index >= 15 is 0 Å². The Balaban J connectivity index is 2.02. The van der Waals surface area contributed by atoms with Crippen LogP contribution in [0.5, 0.6) is 0 Å². The van der Waals surface area contributed by atoms with Crippen LogP contribution in [0.1, 0.15) is 18.6 Å². The lowest BCUT2D eigenvalue weighted by atomic mass is 10.1. The molecule has 0 radical (unpaired) electrons. The molecule has 0 aromatic carbocycles. The van der Waals surface area contributed by atoms with Crippen LogP contribution in [0.4, 0.5) is 0 Å². The quantitative estimate of drug-likeness (QED) is 0.873. The predicted molar refractivity (Wildman–Crippen MR) is 61.7 cm³/mol. The number of nitrogens with zero attached hydrogens (tertiary/aromatic N) is 1. The minimum Gasteiger partial charge on any atom is -0.480 e. The van der Waals surface area contributed by atoms with Crippen LogP contribution in [-0.4, -0.2) is 41.7 Å². The molecule has 4 nitrogen and oxygen atoms in total. The second kappa shape index (κ2) is 4.95. The smallest absolute Gasteiger partial charge is 0.320 e. The van der Waals surface area contributed by atoms with Crippen LogP contribution in [0.3, 0.4) is 0 Å². The van der Waals surface area contributed by atoms with E-state index in [4.69, 9.17) is 9.84 Å². The minimum atomic E-state index is -0.772. The highest BCUT2D eigenvalue weighted by molar-refractivity contribution is 7.07. The maximum Gasteiger partial charge on any atom is 0.320 e. The third-order valence-corrected chi connectivity index (χ3v) is 3.62. The van der Waals surface area contributed by atoms with Gasteiger partial charge < -0.3 is 9.84 Å². The summed E-state index contributed by atoms with van der Waals surface area (Å²) in [4.78, 5) is 12.9. The second-order valence-corrected chi connectivity index (χ2v) is 4.71. The molecule has 16 heavy (non-hydrogen) atoms. The molecule has 1 N–H and O–H groups in total. The molecule has 2 rings (SSSR count). The molecular weight excluding hydrogens is 226 g/mol. The maximum atomic E-state index is 10.9. The number of ether oxygens (including phenoxy) is 1. The summed E-state index contributed by atoms with van der Waals surface area (Å²) < 4.78 is 5.65. The van der Waals surface area contributed by atoms with Gasteiger partial charge in [0.05, 0.1) is 12.7 Å². The summed E-state index contributed by atoms with van der Waals surface area (Å²) in [6, 6.07) is 1.59. The lowest BCUT2D eigenvalue weighted by molar-refractivity contribution is -0.145. The van der Waals surface area contributed by atoms with Crippen LogP contribution in [-0.2, 0) is 9.53 Å². The molecule has 5 heteroatoms. The van der Waals surface area contributed by atoms with Gasteiger partial charge in [-0.3, -0.25) is 9.69 Å². The van der Waals surface area contributed by atoms with Crippen molar-refractivity contribution < 1.29 is 14.6 Å². The Bertz CT molecular complexity index is 352. The lowest BCUT2D eigenvalue weighted by Crippen LogP contribution is -2.46. The molecule has 88 valence electrons. The van der Waals surface area contributed by atoms with Crippen LogP contribution in [0.25, 0.3) is 0 Å². The van der Waals surface area contributed by atoms with Crippen molar-refractivity contribution in [2.45, 2.75) is 19.1 Å². The molecule has 0 bridgehead atoms. The first-order valence-corrected chi connectivity index (χ1v) is 6.23. The Hall–Kier alpha value is -0.910. The molecular formula is C11H15NO3S. The Morgan fingerprint density at radius 2 is 2.56 bits per heavy atom. The van der Waals surface area contributed by atoms with Gasteiger partial charge in [0.15, 0.2) is 0 Å². The third-order valence-electron chi connectivity index (χ3n) is 2.92. The summed E-state index contributed by atoms with van der Waals surface area (Å²) in [7, 11) is 0. The van der Waals surface area contributed by atoms with Gasteiger partial charge in [-0.25, -0.2) is 0 Å². The minimum absolute atomic E-state index is 0.0156. The number of rotatable bonds is 3. The van der Waals surface area contributed by atoms with Crippen molar-refractivity contribution in [3.05, 3.63) is 22.4 Å². The molecule has 1 fully saturated rings. The van der Waals surface area contributed by atoms with E-state index in [1.54, 1.807) is 18.3 Å². The van der Waals surface area contributed by atoms with Crippen molar-refractivity contribution in [3.8, 4) is 0 Å². The molecule has 2 atom stereocenters. The number of carboxylic acid groups (broad SMARTS) is 1. The van der Waals surface area contributed by atoms with Gasteiger partial charge in [-0.05, 0) is 29.3 Å². The predicted octanol–water partition coefficient (Wildman–Crippen LogP) is 1.59. The summed E-state index contributed by atoms with van der Waals surface area (Å²) in [5.41, 5.74) is 1.15. The Kier molecular flexibility index (Phi) is 3.58. The van der Waals surface area contributed by atoms with Crippen LogP contribution < -0.4 is 0 Å². The van der Waals surface area contributed by atoms with Gasteiger partial charge in [-0.2, -0.15) is 11.3 Å². The zero-order chi connectivity index (χ0) is 11.5. The third kappa shape index (κ3) is 2.42. The van der Waals surface area contributed by atoms with E-state index in [0.717, 1.165) is 5.56 Å². The van der Waals surface area contributed by atoms with E-state index in [-0.39, 0.29) is 6.10 Å². The van der Waals surface area contributed by atoms with Crippen molar-refractivity contribution in [3.63, 3.8) is 0 Å². The van der Waals surface area contributed by atoms with E-state index in [9.17, 15) is 4.79 Å². The first-order chi connectivity index (χ1) is 7.68. The summed E-state index contributed by atoms with van der Waals surface area (Å²) in [6.07, 6.45) is 0.0156. The first kappa shape index (κ1) is 11.6. The van der Waals surface area contributed by atoms with Crippen molar-refractivity contribution >= 4 is 17.3 Å². The van der Waals surface area contributed by atoms with Gasteiger partial charge in [-0.1, -0.05) is 0 Å². The van der Waals surface area contributed by atoms with Crippen molar-refractivity contribution in [1.82, 2.24) is 4.90 Å². The van der Waals surface area contributed by atoms with Gasteiger partial charge in [0.2, 0.25) is 0 Å². The number of carboxylic acids is 1. The highest BCUT2D eigenvalue weighted by atomic mass is 32.1. The average molecular weight is 241 g/mol. The van der Waals surface area contributed by atoms with E-state index in [1.807, 2.05) is 16.3 Å². The normalized spacial score (nSPS) is 24.2. The molecule has 0 saturated carbocycles. The fourth-order valence-corrected chi connectivity index (χ4v) is 2.54. The van der Waals surface area contributed by atoms with Crippen LogP contribution in [0.2, 0.25) is 0 Å². The van der Waals surface area contributed by atoms with Gasteiger partial charge >= 0.3 is 5.97 Å². The zero-order valence-corrected chi connectivity index (χ0v) is 9.94. The number of thiophene rings is 1. The number of aliphatic carboxylic acids is 1. The number of carbonyl (C=O) groups is 1. The highest BCUT2D eigenvalue weighted by Gasteiger charge is 2.28. The fourth-order valence-electron chi connectivity index (χ4n) is 1.84. The summed E-state index contributed by atoms with van der Waals surface area (Å²) in [6.45, 7) is 3.66. The Morgan fingerprint density at radius 3 is 3.19 bits per heavy atom. The van der Waals surface area contributed by atoms with Crippen molar-refractivity contribution in [2.75, 3.05) is 19.7 Å². The fraction of sp³-hybridized carbons (Fsp3) is 0.545. The topological polar surface area (TPSA) is 49.8 Å². The van der Waals surface area contributed by atoms with E-state index in [0.29, 0.717) is 19.7 Å². The van der Waals surface area contributed by atoms with E-state index < -0.39 is 12.0 Å². The molecule has 1 aliphatic rings. The largest absolute Gasteiger partial charge is 0.480 e. The SMILES string of the molecule is CC(C(=O)O)N1CCOC(c2ccsc2)C1. The van der Waals surface area contributed by atoms with Crippen LogP contribution in [0.15, 0.2) is 16.8 Å². The van der Waals surface area contributed by atoms with Gasteiger partial charge in [-0.15, -0.1) is 0 Å². The Labute approximate surface area is 98.4 Å².